The van der Waals surface area contributed by atoms with Crippen LogP contribution in [0.3, 0.4) is 0 Å². The number of amides is 1. The first-order chi connectivity index (χ1) is 17.1. The third-order valence-corrected chi connectivity index (χ3v) is 5.67. The normalized spacial score (nSPS) is 12.9. The fourth-order valence-corrected chi connectivity index (χ4v) is 4.14. The average molecular weight is 472 g/mol. The number of anilines is 3. The molecule has 0 radical (unpaired) electrons. The van der Waals surface area contributed by atoms with E-state index in [1.165, 1.54) is 0 Å². The Hall–Kier alpha value is -4.24. The number of hydrogen-bond acceptors (Lipinski definition) is 7. The first-order valence-electron chi connectivity index (χ1n) is 11.4. The van der Waals surface area contributed by atoms with Gasteiger partial charge in [-0.15, -0.1) is 0 Å². The number of oxazole rings is 1. The van der Waals surface area contributed by atoms with Crippen LogP contribution in [0.2, 0.25) is 0 Å². The summed E-state index contributed by atoms with van der Waals surface area (Å²) in [6, 6.07) is 13.3. The van der Waals surface area contributed by atoms with E-state index in [0.717, 1.165) is 41.2 Å². The topological polar surface area (TPSA) is 122 Å². The molecule has 0 saturated carbocycles. The largest absolute Gasteiger partial charge is 0.443 e. The van der Waals surface area contributed by atoms with Gasteiger partial charge in [0, 0.05) is 29.6 Å². The van der Waals surface area contributed by atoms with E-state index in [1.807, 2.05) is 36.4 Å². The molecule has 9 heteroatoms. The third-order valence-electron chi connectivity index (χ3n) is 5.67. The quantitative estimate of drug-likeness (QED) is 0.338. The van der Waals surface area contributed by atoms with Gasteiger partial charge in [-0.3, -0.25) is 9.59 Å². The number of rotatable bonds is 8. The van der Waals surface area contributed by atoms with E-state index in [1.54, 1.807) is 25.4 Å². The van der Waals surface area contributed by atoms with Crippen molar-refractivity contribution >= 4 is 28.9 Å². The van der Waals surface area contributed by atoms with Gasteiger partial charge in [-0.05, 0) is 44.0 Å². The Morgan fingerprint density at radius 2 is 2.03 bits per heavy atom. The highest BCUT2D eigenvalue weighted by molar-refractivity contribution is 6.07. The summed E-state index contributed by atoms with van der Waals surface area (Å²) in [4.78, 5) is 36.9. The Bertz CT molecular complexity index is 1360. The van der Waals surface area contributed by atoms with Crippen LogP contribution in [0.4, 0.5) is 17.2 Å². The molecule has 9 nitrogen and oxygen atoms in total. The van der Waals surface area contributed by atoms with Gasteiger partial charge >= 0.3 is 0 Å². The second-order valence-electron chi connectivity index (χ2n) is 8.33. The first kappa shape index (κ1) is 22.5. The molecule has 1 amide bonds. The van der Waals surface area contributed by atoms with Crippen LogP contribution in [0.1, 0.15) is 40.5 Å². The highest BCUT2D eigenvalue weighted by Crippen LogP contribution is 2.39. The van der Waals surface area contributed by atoms with Gasteiger partial charge in [0.15, 0.2) is 5.78 Å². The number of nitrogens with zero attached hydrogens (tertiary/aromatic N) is 2. The number of fused-ring (bicyclic) bond motifs is 1. The summed E-state index contributed by atoms with van der Waals surface area (Å²) in [7, 11) is 0. The highest BCUT2D eigenvalue weighted by Gasteiger charge is 2.27. The minimum absolute atomic E-state index is 0.102. The van der Waals surface area contributed by atoms with Crippen molar-refractivity contribution in [1.82, 2.24) is 15.0 Å². The summed E-state index contributed by atoms with van der Waals surface area (Å²) in [6.45, 7) is 1.73. The molecular weight excluding hydrogens is 446 g/mol. The number of benzene rings is 1. The molecule has 35 heavy (non-hydrogen) atoms. The van der Waals surface area contributed by atoms with Crippen molar-refractivity contribution in [3.05, 3.63) is 77.8 Å². The lowest BCUT2D eigenvalue weighted by Gasteiger charge is -2.14. The van der Waals surface area contributed by atoms with Crippen molar-refractivity contribution in [2.75, 3.05) is 17.2 Å². The number of carbonyl (C=O) groups excluding carboxylic acids is 2. The molecule has 3 N–H and O–H groups in total. The van der Waals surface area contributed by atoms with Crippen LogP contribution in [-0.4, -0.2) is 33.2 Å². The van der Waals surface area contributed by atoms with Gasteiger partial charge in [-0.2, -0.15) is 0 Å². The fraction of sp³-hybridized carbons (Fsp3) is 0.231. The Labute approximate surface area is 201 Å². The van der Waals surface area contributed by atoms with Gasteiger partial charge in [0.2, 0.25) is 5.89 Å². The number of aryl methyl sites for hydroxylation is 2. The van der Waals surface area contributed by atoms with Gasteiger partial charge in [0.1, 0.15) is 24.8 Å². The molecule has 3 aromatic heterocycles. The molecule has 0 spiro atoms. The first-order valence-corrected chi connectivity index (χ1v) is 11.4. The molecular formula is C26H25N5O4. The smallest absolute Gasteiger partial charge is 0.251 e. The number of nitrogens with one attached hydrogen (secondary N) is 3. The van der Waals surface area contributed by atoms with Crippen LogP contribution < -0.4 is 10.6 Å². The maximum absolute atomic E-state index is 12.8. The summed E-state index contributed by atoms with van der Waals surface area (Å²) in [5.74, 6) is 1.25. The maximum Gasteiger partial charge on any atom is 0.251 e. The zero-order valence-electron chi connectivity index (χ0n) is 19.3. The van der Waals surface area contributed by atoms with E-state index >= 15 is 0 Å². The standard InChI is InChI=1S/C26H25N5O4/c1-16-13-28-23(35-16)15-34-14-22(33)31-21-12-17(10-11-27-21)25-26(29-18-6-3-2-4-7-18)24-19(30-25)8-5-9-20(24)32/h2-4,6-7,10-13,29-30H,5,8-9,14-15H2,1H3,(H,27,31,33). The average Bonchev–Trinajstić information content (AvgIpc) is 3.44. The molecule has 0 fully saturated rings. The van der Waals surface area contributed by atoms with E-state index in [-0.39, 0.29) is 24.9 Å². The molecule has 4 aromatic rings. The van der Waals surface area contributed by atoms with Crippen LogP contribution in [0, 0.1) is 6.92 Å². The molecule has 0 unspecified atom stereocenters. The number of para-hydroxylation sites is 1. The summed E-state index contributed by atoms with van der Waals surface area (Å²) in [6.07, 6.45) is 5.37. The van der Waals surface area contributed by atoms with Crippen molar-refractivity contribution in [1.29, 1.82) is 0 Å². The van der Waals surface area contributed by atoms with Crippen LogP contribution in [0.15, 0.2) is 59.3 Å². The van der Waals surface area contributed by atoms with Crippen molar-refractivity contribution in [2.24, 2.45) is 0 Å². The van der Waals surface area contributed by atoms with Crippen molar-refractivity contribution < 1.29 is 18.7 Å². The van der Waals surface area contributed by atoms with Crippen molar-refractivity contribution in [3.8, 4) is 11.3 Å². The molecule has 0 aliphatic heterocycles. The van der Waals surface area contributed by atoms with E-state index in [9.17, 15) is 9.59 Å². The third kappa shape index (κ3) is 5.15. The Kier molecular flexibility index (Phi) is 6.40. The monoisotopic (exact) mass is 471 g/mol. The minimum atomic E-state index is -0.346. The molecule has 178 valence electrons. The van der Waals surface area contributed by atoms with Gasteiger partial charge in [0.05, 0.1) is 23.1 Å². The van der Waals surface area contributed by atoms with Crippen molar-refractivity contribution in [2.45, 2.75) is 32.8 Å². The maximum atomic E-state index is 12.8. The Morgan fingerprint density at radius 3 is 2.83 bits per heavy atom. The van der Waals surface area contributed by atoms with E-state index in [2.05, 4.69) is 25.6 Å². The SMILES string of the molecule is Cc1cnc(COCC(=O)Nc2cc(-c3[nH]c4c(c3Nc3ccccc3)C(=O)CCC4)ccn2)o1. The molecule has 0 atom stereocenters. The molecule has 0 bridgehead atoms. The second kappa shape index (κ2) is 9.94. The van der Waals surface area contributed by atoms with Gasteiger partial charge in [-0.25, -0.2) is 9.97 Å². The number of aromatic amines is 1. The number of H-pyrrole nitrogens is 1. The number of hydrogen-bond donors (Lipinski definition) is 3. The Balaban J connectivity index is 1.35. The zero-order valence-corrected chi connectivity index (χ0v) is 19.3. The van der Waals surface area contributed by atoms with E-state index < -0.39 is 0 Å². The summed E-state index contributed by atoms with van der Waals surface area (Å²) in [5, 5.41) is 6.18. The number of ether oxygens (including phenoxy) is 1. The fourth-order valence-electron chi connectivity index (χ4n) is 4.14. The van der Waals surface area contributed by atoms with Crippen molar-refractivity contribution in [3.63, 3.8) is 0 Å². The lowest BCUT2D eigenvalue weighted by Crippen LogP contribution is -2.19. The molecule has 5 rings (SSSR count). The molecule has 3 heterocycles. The van der Waals surface area contributed by atoms with E-state index in [0.29, 0.717) is 29.5 Å². The van der Waals surface area contributed by atoms with Crippen LogP contribution in [-0.2, 0) is 22.6 Å². The predicted octanol–water partition coefficient (Wildman–Crippen LogP) is 4.79. The van der Waals surface area contributed by atoms with Gasteiger partial charge < -0.3 is 24.8 Å². The lowest BCUT2D eigenvalue weighted by atomic mass is 9.95. The molecule has 0 saturated heterocycles. The number of Topliss-reactive ketones (excluding diaryl/α,β-unsaturated/α-hetero) is 1. The van der Waals surface area contributed by atoms with E-state index in [4.69, 9.17) is 9.15 Å². The minimum Gasteiger partial charge on any atom is -0.443 e. The van der Waals surface area contributed by atoms with Crippen LogP contribution >= 0.6 is 0 Å². The van der Waals surface area contributed by atoms with Crippen LogP contribution in [0.5, 0.6) is 0 Å². The molecule has 1 aliphatic carbocycles. The Morgan fingerprint density at radius 1 is 1.17 bits per heavy atom. The number of pyridine rings is 1. The number of carbonyl (C=O) groups is 2. The van der Waals surface area contributed by atoms with Crippen LogP contribution in [0.25, 0.3) is 11.3 Å². The number of aromatic nitrogens is 3. The molecule has 1 aromatic carbocycles. The van der Waals surface area contributed by atoms with Gasteiger partial charge in [0.25, 0.3) is 5.91 Å². The molecule has 1 aliphatic rings. The van der Waals surface area contributed by atoms with Gasteiger partial charge in [-0.1, -0.05) is 18.2 Å². The highest BCUT2D eigenvalue weighted by atomic mass is 16.5. The summed E-state index contributed by atoms with van der Waals surface area (Å²) in [5.41, 5.74) is 4.83. The summed E-state index contributed by atoms with van der Waals surface area (Å²) < 4.78 is 10.7. The predicted molar refractivity (Wildman–Crippen MR) is 131 cm³/mol. The zero-order chi connectivity index (χ0) is 24.2. The second-order valence-corrected chi connectivity index (χ2v) is 8.33. The summed E-state index contributed by atoms with van der Waals surface area (Å²) >= 11 is 0. The number of ketones is 1. The lowest BCUT2D eigenvalue weighted by molar-refractivity contribution is -0.121.